The van der Waals surface area contributed by atoms with E-state index in [0.29, 0.717) is 30.1 Å². The Labute approximate surface area is 170 Å². The van der Waals surface area contributed by atoms with Gasteiger partial charge in [0, 0.05) is 30.2 Å². The van der Waals surface area contributed by atoms with Crippen LogP contribution >= 0.6 is 0 Å². The normalized spacial score (nSPS) is 11.6. The van der Waals surface area contributed by atoms with Gasteiger partial charge in [0.15, 0.2) is 0 Å². The fourth-order valence-electron chi connectivity index (χ4n) is 3.05. The largest absolute Gasteiger partial charge is 0.497 e. The minimum Gasteiger partial charge on any atom is -0.497 e. The smallest absolute Gasteiger partial charge is 0.255 e. The van der Waals surface area contributed by atoms with Gasteiger partial charge in [0.05, 0.1) is 23.2 Å². The van der Waals surface area contributed by atoms with E-state index in [1.54, 1.807) is 45.4 Å². The molecule has 0 bridgehead atoms. The molecule has 29 heavy (non-hydrogen) atoms. The Morgan fingerprint density at radius 2 is 1.76 bits per heavy atom. The Balaban J connectivity index is 1.86. The number of nitrogens with one attached hydrogen (secondary N) is 1. The third-order valence-electron chi connectivity index (χ3n) is 4.66. The summed E-state index contributed by atoms with van der Waals surface area (Å²) >= 11 is 0. The van der Waals surface area contributed by atoms with Crippen LogP contribution in [0.15, 0.2) is 59.6 Å². The van der Waals surface area contributed by atoms with Crippen molar-refractivity contribution in [1.82, 2.24) is 9.29 Å². The first kappa shape index (κ1) is 20.8. The van der Waals surface area contributed by atoms with Crippen molar-refractivity contribution in [1.29, 1.82) is 0 Å². The first-order chi connectivity index (χ1) is 13.9. The summed E-state index contributed by atoms with van der Waals surface area (Å²) in [7, 11) is -1.99. The van der Waals surface area contributed by atoms with Gasteiger partial charge in [-0.05, 0) is 48.5 Å². The molecular formula is C21H23N3O4S. The molecule has 0 saturated heterocycles. The van der Waals surface area contributed by atoms with Crippen LogP contribution in [-0.4, -0.2) is 43.8 Å². The highest BCUT2D eigenvalue weighted by Crippen LogP contribution is 2.26. The van der Waals surface area contributed by atoms with Crippen LogP contribution in [0.5, 0.6) is 5.75 Å². The van der Waals surface area contributed by atoms with Gasteiger partial charge < -0.3 is 10.1 Å². The molecular weight excluding hydrogens is 390 g/mol. The van der Waals surface area contributed by atoms with E-state index < -0.39 is 10.0 Å². The summed E-state index contributed by atoms with van der Waals surface area (Å²) in [5.74, 6) is 0.319. The lowest BCUT2D eigenvalue weighted by Crippen LogP contribution is -2.30. The molecule has 0 atom stereocenters. The number of sulfonamides is 1. The van der Waals surface area contributed by atoms with Crippen molar-refractivity contribution in [3.8, 4) is 5.75 Å². The van der Waals surface area contributed by atoms with Crippen LogP contribution in [0.4, 0.5) is 5.69 Å². The second-order valence-electron chi connectivity index (χ2n) is 6.31. The number of carbonyl (C=O) groups excluding carboxylic acids is 1. The van der Waals surface area contributed by atoms with Crippen LogP contribution in [0.1, 0.15) is 24.2 Å². The van der Waals surface area contributed by atoms with E-state index in [1.165, 1.54) is 28.6 Å². The minimum atomic E-state index is -3.56. The number of methoxy groups -OCH3 is 1. The van der Waals surface area contributed by atoms with Gasteiger partial charge in [-0.25, -0.2) is 8.42 Å². The minimum absolute atomic E-state index is 0.164. The molecule has 8 heteroatoms. The summed E-state index contributed by atoms with van der Waals surface area (Å²) in [6, 6.07) is 13.1. The number of hydrogen-bond acceptors (Lipinski definition) is 5. The fourth-order valence-corrected chi connectivity index (χ4v) is 4.50. The number of amides is 1. The van der Waals surface area contributed by atoms with Crippen LogP contribution in [0.2, 0.25) is 0 Å². The molecule has 1 heterocycles. The van der Waals surface area contributed by atoms with Crippen LogP contribution in [0.25, 0.3) is 10.9 Å². The highest BCUT2D eigenvalue weighted by Gasteiger charge is 2.21. The lowest BCUT2D eigenvalue weighted by molar-refractivity contribution is 0.102. The number of nitrogens with zero attached hydrogens (tertiary/aromatic N) is 2. The van der Waals surface area contributed by atoms with Gasteiger partial charge in [-0.15, -0.1) is 0 Å². The summed E-state index contributed by atoms with van der Waals surface area (Å²) in [4.78, 5) is 17.2. The lowest BCUT2D eigenvalue weighted by Gasteiger charge is -2.18. The first-order valence-corrected chi connectivity index (χ1v) is 10.7. The van der Waals surface area contributed by atoms with Crippen LogP contribution in [-0.2, 0) is 10.0 Å². The van der Waals surface area contributed by atoms with E-state index in [-0.39, 0.29) is 10.8 Å². The van der Waals surface area contributed by atoms with E-state index in [2.05, 4.69) is 10.3 Å². The number of benzene rings is 2. The Kier molecular flexibility index (Phi) is 6.14. The maximum atomic E-state index is 12.7. The monoisotopic (exact) mass is 413 g/mol. The number of fused-ring (bicyclic) bond motifs is 1. The Bertz CT molecular complexity index is 1120. The van der Waals surface area contributed by atoms with Crippen molar-refractivity contribution in [2.75, 3.05) is 25.5 Å². The standard InChI is InChI=1S/C21H23N3O4S/c1-4-24(5-2)29(26,27)17-9-6-15(7-10-17)21(25)23-20-12-13-22-19-11-8-16(28-3)14-18(19)20/h6-14H,4-5H2,1-3H3,(H,22,23,25). The molecule has 0 fully saturated rings. The summed E-state index contributed by atoms with van der Waals surface area (Å²) in [6.45, 7) is 4.35. The second-order valence-corrected chi connectivity index (χ2v) is 8.25. The van der Waals surface area contributed by atoms with Crippen LogP contribution < -0.4 is 10.1 Å². The number of pyridine rings is 1. The number of hydrogen-bond donors (Lipinski definition) is 1. The Morgan fingerprint density at radius 1 is 1.07 bits per heavy atom. The molecule has 0 radical (unpaired) electrons. The van der Waals surface area contributed by atoms with Crippen LogP contribution in [0.3, 0.4) is 0 Å². The molecule has 0 aliphatic heterocycles. The lowest BCUT2D eigenvalue weighted by atomic mass is 10.1. The number of anilines is 1. The zero-order chi connectivity index (χ0) is 21.0. The Hall–Kier alpha value is -2.97. The van der Waals surface area contributed by atoms with Gasteiger partial charge in [-0.3, -0.25) is 9.78 Å². The van der Waals surface area contributed by atoms with E-state index in [4.69, 9.17) is 4.74 Å². The molecule has 0 unspecified atom stereocenters. The number of carbonyl (C=O) groups is 1. The van der Waals surface area contributed by atoms with Crippen molar-refractivity contribution >= 4 is 32.5 Å². The molecule has 1 amide bonds. The zero-order valence-corrected chi connectivity index (χ0v) is 17.4. The summed E-state index contributed by atoms with van der Waals surface area (Å²) in [5, 5.41) is 3.61. The van der Waals surface area contributed by atoms with Crippen molar-refractivity contribution in [2.24, 2.45) is 0 Å². The summed E-state index contributed by atoms with van der Waals surface area (Å²) in [5.41, 5.74) is 1.68. The van der Waals surface area contributed by atoms with Gasteiger partial charge in [-0.1, -0.05) is 13.8 Å². The molecule has 152 valence electrons. The SMILES string of the molecule is CCN(CC)S(=O)(=O)c1ccc(C(=O)Nc2ccnc3ccc(OC)cc23)cc1. The number of ether oxygens (including phenoxy) is 1. The van der Waals surface area contributed by atoms with E-state index >= 15 is 0 Å². The average molecular weight is 413 g/mol. The zero-order valence-electron chi connectivity index (χ0n) is 16.5. The van der Waals surface area contributed by atoms with Crippen LogP contribution in [0, 0.1) is 0 Å². The third kappa shape index (κ3) is 4.23. The topological polar surface area (TPSA) is 88.6 Å². The number of rotatable bonds is 7. The van der Waals surface area contributed by atoms with E-state index in [0.717, 1.165) is 10.9 Å². The maximum Gasteiger partial charge on any atom is 0.255 e. The summed E-state index contributed by atoms with van der Waals surface area (Å²) in [6.07, 6.45) is 1.62. The quantitative estimate of drug-likeness (QED) is 0.640. The molecule has 7 nitrogen and oxygen atoms in total. The molecule has 1 aromatic heterocycles. The molecule has 3 rings (SSSR count). The predicted molar refractivity (Wildman–Crippen MR) is 113 cm³/mol. The Morgan fingerprint density at radius 3 is 2.38 bits per heavy atom. The predicted octanol–water partition coefficient (Wildman–Crippen LogP) is 3.53. The highest BCUT2D eigenvalue weighted by molar-refractivity contribution is 7.89. The molecule has 3 aromatic rings. The third-order valence-corrected chi connectivity index (χ3v) is 6.72. The molecule has 0 aliphatic carbocycles. The van der Waals surface area contributed by atoms with Crippen molar-refractivity contribution in [2.45, 2.75) is 18.7 Å². The fraction of sp³-hybridized carbons (Fsp3) is 0.238. The molecule has 0 saturated carbocycles. The van der Waals surface area contributed by atoms with Crippen molar-refractivity contribution < 1.29 is 17.9 Å². The first-order valence-electron chi connectivity index (χ1n) is 9.25. The van der Waals surface area contributed by atoms with E-state index in [9.17, 15) is 13.2 Å². The molecule has 0 spiro atoms. The molecule has 1 N–H and O–H groups in total. The average Bonchev–Trinajstić information content (AvgIpc) is 2.74. The second kappa shape index (κ2) is 8.59. The van der Waals surface area contributed by atoms with E-state index in [1.807, 2.05) is 6.07 Å². The molecule has 0 aliphatic rings. The number of aromatic nitrogens is 1. The van der Waals surface area contributed by atoms with Gasteiger partial charge in [0.2, 0.25) is 10.0 Å². The van der Waals surface area contributed by atoms with Gasteiger partial charge in [0.1, 0.15) is 5.75 Å². The maximum absolute atomic E-state index is 12.7. The van der Waals surface area contributed by atoms with Gasteiger partial charge in [-0.2, -0.15) is 4.31 Å². The van der Waals surface area contributed by atoms with Gasteiger partial charge in [0.25, 0.3) is 5.91 Å². The summed E-state index contributed by atoms with van der Waals surface area (Å²) < 4.78 is 31.8. The van der Waals surface area contributed by atoms with Crippen molar-refractivity contribution in [3.63, 3.8) is 0 Å². The highest BCUT2D eigenvalue weighted by atomic mass is 32.2. The van der Waals surface area contributed by atoms with Gasteiger partial charge >= 0.3 is 0 Å². The molecule has 2 aromatic carbocycles. The van der Waals surface area contributed by atoms with Crippen molar-refractivity contribution in [3.05, 3.63) is 60.3 Å².